The third kappa shape index (κ3) is 3.58. The van der Waals surface area contributed by atoms with Gasteiger partial charge in [0.05, 0.1) is 0 Å². The molecule has 2 rings (SSSR count). The van der Waals surface area contributed by atoms with Gasteiger partial charge in [-0.15, -0.1) is 0 Å². The van der Waals surface area contributed by atoms with Crippen molar-refractivity contribution in [2.45, 2.75) is 25.4 Å². The standard InChI is InChI=1S/C15H20ClNO/c1-12(11-17-9-3-2-4-10-17)15(18)13-5-7-14(16)8-6-13/h5-8,15,18H,1-4,9-11H2. The highest BCUT2D eigenvalue weighted by atomic mass is 35.5. The van der Waals surface area contributed by atoms with Crippen molar-refractivity contribution in [3.63, 3.8) is 0 Å². The second kappa shape index (κ2) is 6.37. The van der Waals surface area contributed by atoms with Crippen LogP contribution in [0.1, 0.15) is 30.9 Å². The molecule has 0 radical (unpaired) electrons. The van der Waals surface area contributed by atoms with Gasteiger partial charge in [0.15, 0.2) is 0 Å². The zero-order valence-corrected chi connectivity index (χ0v) is 11.4. The van der Waals surface area contributed by atoms with Gasteiger partial charge in [0, 0.05) is 11.6 Å². The molecule has 1 saturated heterocycles. The Bertz CT molecular complexity index is 395. The minimum atomic E-state index is -0.593. The van der Waals surface area contributed by atoms with E-state index < -0.39 is 6.10 Å². The van der Waals surface area contributed by atoms with Gasteiger partial charge in [0.2, 0.25) is 0 Å². The van der Waals surface area contributed by atoms with Gasteiger partial charge in [-0.3, -0.25) is 4.90 Å². The van der Waals surface area contributed by atoms with Crippen molar-refractivity contribution >= 4 is 11.6 Å². The topological polar surface area (TPSA) is 23.5 Å². The van der Waals surface area contributed by atoms with Crippen molar-refractivity contribution in [3.05, 3.63) is 47.0 Å². The Kier molecular flexibility index (Phi) is 4.81. The van der Waals surface area contributed by atoms with E-state index in [1.807, 2.05) is 12.1 Å². The van der Waals surface area contributed by atoms with Gasteiger partial charge >= 0.3 is 0 Å². The first kappa shape index (κ1) is 13.6. The highest BCUT2D eigenvalue weighted by Gasteiger charge is 2.16. The number of likely N-dealkylation sites (tertiary alicyclic amines) is 1. The molecular weight excluding hydrogens is 246 g/mol. The van der Waals surface area contributed by atoms with Crippen LogP contribution < -0.4 is 0 Å². The van der Waals surface area contributed by atoms with E-state index >= 15 is 0 Å². The Morgan fingerprint density at radius 3 is 2.44 bits per heavy atom. The Hall–Kier alpha value is -0.830. The molecule has 0 amide bonds. The number of hydrogen-bond donors (Lipinski definition) is 1. The average Bonchev–Trinajstić information content (AvgIpc) is 2.40. The molecule has 0 aromatic heterocycles. The lowest BCUT2D eigenvalue weighted by molar-refractivity contribution is 0.184. The summed E-state index contributed by atoms with van der Waals surface area (Å²) < 4.78 is 0. The minimum absolute atomic E-state index is 0.593. The molecule has 1 heterocycles. The van der Waals surface area contributed by atoms with Crippen LogP contribution in [0.2, 0.25) is 5.02 Å². The van der Waals surface area contributed by atoms with Crippen LogP contribution in [0.25, 0.3) is 0 Å². The zero-order valence-electron chi connectivity index (χ0n) is 10.6. The molecule has 1 aromatic rings. The Labute approximate surface area is 114 Å². The van der Waals surface area contributed by atoms with Crippen LogP contribution in [-0.4, -0.2) is 29.6 Å². The van der Waals surface area contributed by atoms with Gasteiger partial charge < -0.3 is 5.11 Å². The summed E-state index contributed by atoms with van der Waals surface area (Å²) >= 11 is 5.84. The molecule has 1 aliphatic heterocycles. The molecule has 1 N–H and O–H groups in total. The Morgan fingerprint density at radius 2 is 1.83 bits per heavy atom. The van der Waals surface area contributed by atoms with Crippen LogP contribution in [0.4, 0.5) is 0 Å². The van der Waals surface area contributed by atoms with Crippen LogP contribution in [0.3, 0.4) is 0 Å². The van der Waals surface area contributed by atoms with Gasteiger partial charge in [0.1, 0.15) is 6.10 Å². The third-order valence-corrected chi connectivity index (χ3v) is 3.70. The van der Waals surface area contributed by atoms with E-state index in [9.17, 15) is 5.11 Å². The summed E-state index contributed by atoms with van der Waals surface area (Å²) in [4.78, 5) is 2.37. The molecule has 1 fully saturated rings. The predicted octanol–water partition coefficient (Wildman–Crippen LogP) is 3.42. The SMILES string of the molecule is C=C(CN1CCCCC1)C(O)c1ccc(Cl)cc1. The molecule has 2 nitrogen and oxygen atoms in total. The molecule has 1 unspecified atom stereocenters. The van der Waals surface area contributed by atoms with Gasteiger partial charge in [-0.25, -0.2) is 0 Å². The van der Waals surface area contributed by atoms with Gasteiger partial charge in [-0.05, 0) is 49.2 Å². The first-order valence-electron chi connectivity index (χ1n) is 6.50. The van der Waals surface area contributed by atoms with Crippen molar-refractivity contribution in [1.82, 2.24) is 4.90 Å². The molecule has 1 aromatic carbocycles. The lowest BCUT2D eigenvalue weighted by Crippen LogP contribution is -2.32. The summed E-state index contributed by atoms with van der Waals surface area (Å²) in [7, 11) is 0. The van der Waals surface area contributed by atoms with Crippen LogP contribution in [0.5, 0.6) is 0 Å². The number of piperidine rings is 1. The number of rotatable bonds is 4. The van der Waals surface area contributed by atoms with E-state index in [4.69, 9.17) is 11.6 Å². The molecule has 0 saturated carbocycles. The van der Waals surface area contributed by atoms with Gasteiger partial charge in [-0.1, -0.05) is 36.7 Å². The van der Waals surface area contributed by atoms with Crippen LogP contribution in [-0.2, 0) is 0 Å². The highest BCUT2D eigenvalue weighted by Crippen LogP contribution is 2.23. The normalized spacial score (nSPS) is 18.6. The second-order valence-electron chi connectivity index (χ2n) is 4.95. The molecular formula is C15H20ClNO. The molecule has 0 aliphatic carbocycles. The highest BCUT2D eigenvalue weighted by molar-refractivity contribution is 6.30. The molecule has 1 aliphatic rings. The third-order valence-electron chi connectivity index (χ3n) is 3.45. The predicted molar refractivity (Wildman–Crippen MR) is 75.8 cm³/mol. The fourth-order valence-corrected chi connectivity index (χ4v) is 2.50. The second-order valence-corrected chi connectivity index (χ2v) is 5.39. The number of halogens is 1. The maximum atomic E-state index is 10.2. The summed E-state index contributed by atoms with van der Waals surface area (Å²) in [5.74, 6) is 0. The first-order chi connectivity index (χ1) is 8.66. The zero-order chi connectivity index (χ0) is 13.0. The minimum Gasteiger partial charge on any atom is -0.384 e. The van der Waals surface area contributed by atoms with E-state index in [0.29, 0.717) is 5.02 Å². The first-order valence-corrected chi connectivity index (χ1v) is 6.88. The van der Waals surface area contributed by atoms with Crippen LogP contribution in [0, 0.1) is 0 Å². The van der Waals surface area contributed by atoms with Crippen molar-refractivity contribution in [3.8, 4) is 0 Å². The van der Waals surface area contributed by atoms with E-state index in [1.54, 1.807) is 12.1 Å². The van der Waals surface area contributed by atoms with Gasteiger partial charge in [-0.2, -0.15) is 0 Å². The van der Waals surface area contributed by atoms with Crippen LogP contribution >= 0.6 is 11.6 Å². The van der Waals surface area contributed by atoms with Crippen molar-refractivity contribution in [2.75, 3.05) is 19.6 Å². The summed E-state index contributed by atoms with van der Waals surface area (Å²) in [5, 5.41) is 10.9. The molecule has 0 spiro atoms. The fraction of sp³-hybridized carbons (Fsp3) is 0.467. The molecule has 98 valence electrons. The lowest BCUT2D eigenvalue weighted by Gasteiger charge is -2.28. The maximum absolute atomic E-state index is 10.2. The number of hydrogen-bond acceptors (Lipinski definition) is 2. The quantitative estimate of drug-likeness (QED) is 0.844. The summed E-state index contributed by atoms with van der Waals surface area (Å²) in [6, 6.07) is 7.31. The maximum Gasteiger partial charge on any atom is 0.101 e. The smallest absolute Gasteiger partial charge is 0.101 e. The van der Waals surface area contributed by atoms with E-state index in [1.165, 1.54) is 19.3 Å². The van der Waals surface area contributed by atoms with E-state index in [0.717, 1.165) is 30.8 Å². The molecule has 3 heteroatoms. The summed E-state index contributed by atoms with van der Waals surface area (Å²) in [6.45, 7) is 7.04. The summed E-state index contributed by atoms with van der Waals surface area (Å²) in [5.41, 5.74) is 1.72. The number of aliphatic hydroxyl groups is 1. The van der Waals surface area contributed by atoms with Crippen LogP contribution in [0.15, 0.2) is 36.4 Å². The average molecular weight is 266 g/mol. The van der Waals surface area contributed by atoms with Gasteiger partial charge in [0.25, 0.3) is 0 Å². The van der Waals surface area contributed by atoms with E-state index in [-0.39, 0.29) is 0 Å². The molecule has 1 atom stereocenters. The monoisotopic (exact) mass is 265 g/mol. The number of aliphatic hydroxyl groups excluding tert-OH is 1. The van der Waals surface area contributed by atoms with E-state index in [2.05, 4.69) is 11.5 Å². The Morgan fingerprint density at radius 1 is 1.22 bits per heavy atom. The van der Waals surface area contributed by atoms with Crippen molar-refractivity contribution in [1.29, 1.82) is 0 Å². The fourth-order valence-electron chi connectivity index (χ4n) is 2.37. The molecule has 0 bridgehead atoms. The number of benzene rings is 1. The largest absolute Gasteiger partial charge is 0.384 e. The number of nitrogens with zero attached hydrogens (tertiary/aromatic N) is 1. The van der Waals surface area contributed by atoms with Crippen molar-refractivity contribution < 1.29 is 5.11 Å². The van der Waals surface area contributed by atoms with Crippen molar-refractivity contribution in [2.24, 2.45) is 0 Å². The summed E-state index contributed by atoms with van der Waals surface area (Å²) in [6.07, 6.45) is 3.24. The molecule has 18 heavy (non-hydrogen) atoms. The Balaban J connectivity index is 1.93. The lowest BCUT2D eigenvalue weighted by atomic mass is 10.0.